The molecule has 2 aromatic heterocycles. The van der Waals surface area contributed by atoms with Crippen LogP contribution in [0.3, 0.4) is 0 Å². The summed E-state index contributed by atoms with van der Waals surface area (Å²) in [5, 5.41) is 18.0. The molecule has 0 atom stereocenters. The van der Waals surface area contributed by atoms with E-state index in [4.69, 9.17) is 15.7 Å². The second-order valence-corrected chi connectivity index (χ2v) is 8.40. The van der Waals surface area contributed by atoms with Gasteiger partial charge in [0.25, 0.3) is 0 Å². The summed E-state index contributed by atoms with van der Waals surface area (Å²) in [7, 11) is 3.82. The van der Waals surface area contributed by atoms with Crippen molar-refractivity contribution < 1.29 is 0 Å². The Morgan fingerprint density at radius 3 is 2.48 bits per heavy atom. The Morgan fingerprint density at radius 2 is 1.79 bits per heavy atom. The molecule has 3 heterocycles. The van der Waals surface area contributed by atoms with Gasteiger partial charge in [0.2, 0.25) is 5.95 Å². The smallest absolute Gasteiger partial charge is 0.227 e. The minimum absolute atomic E-state index is 0.230. The van der Waals surface area contributed by atoms with Gasteiger partial charge in [-0.15, -0.1) is 0 Å². The Balaban J connectivity index is 1.70. The van der Waals surface area contributed by atoms with Gasteiger partial charge in [-0.25, -0.2) is 4.98 Å². The van der Waals surface area contributed by atoms with E-state index in [1.54, 1.807) is 0 Å². The predicted molar refractivity (Wildman–Crippen MR) is 131 cm³/mol. The molecule has 5 rings (SSSR count). The molecule has 8 nitrogen and oxygen atoms in total. The van der Waals surface area contributed by atoms with Crippen LogP contribution in [-0.2, 0) is 7.05 Å². The van der Waals surface area contributed by atoms with Crippen molar-refractivity contribution >= 4 is 22.7 Å². The van der Waals surface area contributed by atoms with Gasteiger partial charge < -0.3 is 16.0 Å². The highest BCUT2D eigenvalue weighted by Gasteiger charge is 2.23. The second-order valence-electron chi connectivity index (χ2n) is 8.40. The number of piperidine rings is 1. The number of nitrogens with zero attached hydrogens (tertiary/aromatic N) is 6. The normalized spacial score (nSPS) is 14.4. The van der Waals surface area contributed by atoms with E-state index >= 15 is 0 Å². The third kappa shape index (κ3) is 3.88. The van der Waals surface area contributed by atoms with E-state index < -0.39 is 0 Å². The fourth-order valence-corrected chi connectivity index (χ4v) is 4.37. The lowest BCUT2D eigenvalue weighted by atomic mass is 9.98. The molecule has 1 saturated heterocycles. The summed E-state index contributed by atoms with van der Waals surface area (Å²) >= 11 is 0. The molecule has 4 aromatic rings. The molecule has 0 saturated carbocycles. The van der Waals surface area contributed by atoms with Crippen LogP contribution in [0.15, 0.2) is 48.7 Å². The lowest BCUT2D eigenvalue weighted by molar-refractivity contribution is 0.496. The standard InChI is InChI=1S/C25H26N8/c1-28-24-22(18-7-8-21-19(13-18)15-29-32(21)2)23(17-5-3-16(14-26)4-6-17)30-25(31-24)33-11-9-20(27)10-12-33/h3-8,13,15,20H,9-12,27H2,1-2H3,(H,28,30,31). The number of benzene rings is 2. The summed E-state index contributed by atoms with van der Waals surface area (Å²) in [6.45, 7) is 1.66. The Kier molecular flexibility index (Phi) is 5.40. The van der Waals surface area contributed by atoms with Gasteiger partial charge in [-0.3, -0.25) is 4.68 Å². The van der Waals surface area contributed by atoms with Gasteiger partial charge >= 0.3 is 0 Å². The maximum absolute atomic E-state index is 9.24. The average molecular weight is 439 g/mol. The van der Waals surface area contributed by atoms with Crippen molar-refractivity contribution in [2.45, 2.75) is 18.9 Å². The Hall–Kier alpha value is -3.96. The van der Waals surface area contributed by atoms with Gasteiger partial charge in [-0.1, -0.05) is 18.2 Å². The molecule has 0 aliphatic carbocycles. The van der Waals surface area contributed by atoms with Gasteiger partial charge in [0.05, 0.1) is 34.6 Å². The maximum Gasteiger partial charge on any atom is 0.227 e. The Morgan fingerprint density at radius 1 is 1.06 bits per heavy atom. The van der Waals surface area contributed by atoms with E-state index in [-0.39, 0.29) is 6.04 Å². The fourth-order valence-electron chi connectivity index (χ4n) is 4.37. The van der Waals surface area contributed by atoms with Crippen LogP contribution in [0.4, 0.5) is 11.8 Å². The van der Waals surface area contributed by atoms with Gasteiger partial charge in [-0.2, -0.15) is 15.3 Å². The van der Waals surface area contributed by atoms with Crippen molar-refractivity contribution in [2.24, 2.45) is 12.8 Å². The first kappa shape index (κ1) is 20.9. The van der Waals surface area contributed by atoms with E-state index in [1.165, 1.54) is 0 Å². The SMILES string of the molecule is CNc1nc(N2CCC(N)CC2)nc(-c2ccc(C#N)cc2)c1-c1ccc2c(cnn2C)c1. The van der Waals surface area contributed by atoms with Crippen molar-refractivity contribution in [3.63, 3.8) is 0 Å². The molecule has 0 amide bonds. The highest BCUT2D eigenvalue weighted by Crippen LogP contribution is 2.38. The van der Waals surface area contributed by atoms with Crippen molar-refractivity contribution in [3.8, 4) is 28.5 Å². The molecule has 8 heteroatoms. The predicted octanol–water partition coefficient (Wildman–Crippen LogP) is 3.54. The molecule has 0 bridgehead atoms. The Bertz CT molecular complexity index is 1340. The zero-order valence-electron chi connectivity index (χ0n) is 18.8. The van der Waals surface area contributed by atoms with Crippen molar-refractivity contribution in [1.82, 2.24) is 19.7 Å². The number of fused-ring (bicyclic) bond motifs is 1. The number of nitriles is 1. The number of anilines is 2. The monoisotopic (exact) mass is 438 g/mol. The molecule has 0 spiro atoms. The molecule has 0 unspecified atom stereocenters. The number of nitrogens with two attached hydrogens (primary N) is 1. The average Bonchev–Trinajstić information content (AvgIpc) is 3.23. The van der Waals surface area contributed by atoms with Gasteiger partial charge in [-0.05, 0) is 42.7 Å². The summed E-state index contributed by atoms with van der Waals surface area (Å²) in [6, 6.07) is 16.2. The van der Waals surface area contributed by atoms with Gasteiger partial charge in [0.15, 0.2) is 0 Å². The van der Waals surface area contributed by atoms with Gasteiger partial charge in [0.1, 0.15) is 5.82 Å². The summed E-state index contributed by atoms with van der Waals surface area (Å²) in [5.41, 5.74) is 11.5. The first-order chi connectivity index (χ1) is 16.1. The van der Waals surface area contributed by atoms with E-state index in [1.807, 2.05) is 49.2 Å². The first-order valence-corrected chi connectivity index (χ1v) is 11.1. The Labute approximate surface area is 192 Å². The quantitative estimate of drug-likeness (QED) is 0.502. The lowest BCUT2D eigenvalue weighted by Crippen LogP contribution is -2.40. The zero-order valence-corrected chi connectivity index (χ0v) is 18.8. The number of aryl methyl sites for hydroxylation is 1. The minimum atomic E-state index is 0.230. The molecule has 33 heavy (non-hydrogen) atoms. The van der Waals surface area contributed by atoms with Crippen LogP contribution in [0.1, 0.15) is 18.4 Å². The van der Waals surface area contributed by atoms with E-state index in [2.05, 4.69) is 39.6 Å². The number of hydrogen-bond acceptors (Lipinski definition) is 7. The summed E-state index contributed by atoms with van der Waals surface area (Å²) in [5.74, 6) is 1.45. The van der Waals surface area contributed by atoms with Crippen molar-refractivity contribution in [3.05, 3.63) is 54.2 Å². The van der Waals surface area contributed by atoms with Crippen LogP contribution >= 0.6 is 0 Å². The van der Waals surface area contributed by atoms with E-state index in [0.29, 0.717) is 11.5 Å². The molecular formula is C25H26N8. The topological polar surface area (TPSA) is 109 Å². The van der Waals surface area contributed by atoms with Crippen molar-refractivity contribution in [1.29, 1.82) is 5.26 Å². The summed E-state index contributed by atoms with van der Waals surface area (Å²) in [6.07, 6.45) is 3.71. The molecule has 166 valence electrons. The van der Waals surface area contributed by atoms with Gasteiger partial charge in [0, 0.05) is 44.2 Å². The molecule has 3 N–H and O–H groups in total. The van der Waals surface area contributed by atoms with Crippen LogP contribution in [0.2, 0.25) is 0 Å². The molecule has 1 fully saturated rings. The third-order valence-electron chi connectivity index (χ3n) is 6.28. The van der Waals surface area contributed by atoms with Crippen LogP contribution in [0, 0.1) is 11.3 Å². The zero-order chi connectivity index (χ0) is 22.9. The first-order valence-electron chi connectivity index (χ1n) is 11.1. The van der Waals surface area contributed by atoms with Crippen LogP contribution < -0.4 is 16.0 Å². The van der Waals surface area contributed by atoms with Crippen LogP contribution in [0.5, 0.6) is 0 Å². The number of aromatic nitrogens is 4. The van der Waals surface area contributed by atoms with Crippen molar-refractivity contribution in [2.75, 3.05) is 30.4 Å². The molecule has 0 radical (unpaired) electrons. The largest absolute Gasteiger partial charge is 0.372 e. The van der Waals surface area contributed by atoms with E-state index in [9.17, 15) is 5.26 Å². The summed E-state index contributed by atoms with van der Waals surface area (Å²) in [4.78, 5) is 12.2. The molecular weight excluding hydrogens is 412 g/mol. The maximum atomic E-state index is 9.24. The molecule has 2 aromatic carbocycles. The van der Waals surface area contributed by atoms with E-state index in [0.717, 1.165) is 65.0 Å². The number of hydrogen-bond donors (Lipinski definition) is 2. The minimum Gasteiger partial charge on any atom is -0.372 e. The molecule has 1 aliphatic heterocycles. The highest BCUT2D eigenvalue weighted by atomic mass is 15.3. The molecule has 1 aliphatic rings. The second kappa shape index (κ2) is 8.52. The van der Waals surface area contributed by atoms with Crippen LogP contribution in [0.25, 0.3) is 33.3 Å². The summed E-state index contributed by atoms with van der Waals surface area (Å²) < 4.78 is 1.86. The fraction of sp³-hybridized carbons (Fsp3) is 0.280. The lowest BCUT2D eigenvalue weighted by Gasteiger charge is -2.31. The number of nitrogens with one attached hydrogen (secondary N) is 1. The number of rotatable bonds is 4. The van der Waals surface area contributed by atoms with Crippen LogP contribution in [-0.4, -0.2) is 45.9 Å². The highest BCUT2D eigenvalue weighted by molar-refractivity contribution is 5.93. The third-order valence-corrected chi connectivity index (χ3v) is 6.28.